The van der Waals surface area contributed by atoms with Crippen LogP contribution in [0.25, 0.3) is 10.6 Å². The van der Waals surface area contributed by atoms with E-state index in [2.05, 4.69) is 15.3 Å². The van der Waals surface area contributed by atoms with Gasteiger partial charge in [0.2, 0.25) is 0 Å². The van der Waals surface area contributed by atoms with Crippen LogP contribution in [0.15, 0.2) is 78.3 Å². The molecule has 0 aliphatic carbocycles. The molecule has 5 nitrogen and oxygen atoms in total. The fourth-order valence-corrected chi connectivity index (χ4v) is 3.72. The minimum atomic E-state index is -0.114. The fraction of sp³-hybridized carbons (Fsp3) is 0.125. The highest BCUT2D eigenvalue weighted by Gasteiger charge is 2.08. The standard InChI is InChI=1S/C24H21N3O2S/c1-17-16-30-24(27-17)20-10-8-19(9-11-20)23(28)26-14-18-5-4-7-22(13-18)29-15-21-6-2-3-12-25-21/h2-13,16H,14-15H2,1H3,(H,26,28). The van der Waals surface area contributed by atoms with Gasteiger partial charge < -0.3 is 10.1 Å². The number of nitrogens with zero attached hydrogens (tertiary/aromatic N) is 2. The maximum Gasteiger partial charge on any atom is 0.251 e. The van der Waals surface area contributed by atoms with Crippen LogP contribution in [0.3, 0.4) is 0 Å². The van der Waals surface area contributed by atoms with E-state index in [-0.39, 0.29) is 5.91 Å². The van der Waals surface area contributed by atoms with Crippen molar-refractivity contribution in [1.82, 2.24) is 15.3 Å². The molecular weight excluding hydrogens is 394 g/mol. The normalized spacial score (nSPS) is 10.6. The molecule has 0 atom stereocenters. The molecule has 0 aliphatic rings. The second-order valence-corrected chi connectivity index (χ2v) is 7.67. The predicted molar refractivity (Wildman–Crippen MR) is 118 cm³/mol. The number of carbonyl (C=O) groups excluding carboxylic acids is 1. The van der Waals surface area contributed by atoms with Crippen molar-refractivity contribution in [1.29, 1.82) is 0 Å². The maximum absolute atomic E-state index is 12.5. The highest BCUT2D eigenvalue weighted by Crippen LogP contribution is 2.23. The van der Waals surface area contributed by atoms with Crippen LogP contribution >= 0.6 is 11.3 Å². The first kappa shape index (κ1) is 19.8. The molecule has 0 aliphatic heterocycles. The number of pyridine rings is 1. The molecule has 0 saturated carbocycles. The number of thiazole rings is 1. The zero-order chi connectivity index (χ0) is 20.8. The second kappa shape index (κ2) is 9.33. The molecule has 0 fully saturated rings. The number of hydrogen-bond acceptors (Lipinski definition) is 5. The Morgan fingerprint density at radius 3 is 2.67 bits per heavy atom. The Kier molecular flexibility index (Phi) is 6.15. The molecule has 0 unspecified atom stereocenters. The van der Waals surface area contributed by atoms with Gasteiger partial charge >= 0.3 is 0 Å². The molecule has 2 heterocycles. The van der Waals surface area contributed by atoms with E-state index >= 15 is 0 Å². The lowest BCUT2D eigenvalue weighted by atomic mass is 10.1. The number of hydrogen-bond donors (Lipinski definition) is 1. The number of aryl methyl sites for hydroxylation is 1. The monoisotopic (exact) mass is 415 g/mol. The van der Waals surface area contributed by atoms with Gasteiger partial charge in [-0.1, -0.05) is 30.3 Å². The summed E-state index contributed by atoms with van der Waals surface area (Å²) in [6, 6.07) is 20.9. The van der Waals surface area contributed by atoms with Gasteiger partial charge in [-0.2, -0.15) is 0 Å². The number of benzene rings is 2. The Labute approximate surface area is 179 Å². The number of nitrogens with one attached hydrogen (secondary N) is 1. The minimum Gasteiger partial charge on any atom is -0.487 e. The zero-order valence-corrected chi connectivity index (χ0v) is 17.4. The van der Waals surface area contributed by atoms with Gasteiger partial charge in [0.25, 0.3) is 5.91 Å². The van der Waals surface area contributed by atoms with E-state index < -0.39 is 0 Å². The van der Waals surface area contributed by atoms with Gasteiger partial charge in [-0.05, 0) is 48.9 Å². The largest absolute Gasteiger partial charge is 0.487 e. The van der Waals surface area contributed by atoms with Crippen molar-refractivity contribution >= 4 is 17.2 Å². The number of rotatable bonds is 7. The van der Waals surface area contributed by atoms with Crippen molar-refractivity contribution in [2.45, 2.75) is 20.1 Å². The summed E-state index contributed by atoms with van der Waals surface area (Å²) < 4.78 is 5.80. The minimum absolute atomic E-state index is 0.114. The molecule has 150 valence electrons. The second-order valence-electron chi connectivity index (χ2n) is 6.81. The van der Waals surface area contributed by atoms with Crippen LogP contribution in [0.5, 0.6) is 5.75 Å². The smallest absolute Gasteiger partial charge is 0.251 e. The van der Waals surface area contributed by atoms with Gasteiger partial charge in [-0.3, -0.25) is 9.78 Å². The van der Waals surface area contributed by atoms with E-state index in [4.69, 9.17) is 4.74 Å². The van der Waals surface area contributed by atoms with Gasteiger partial charge in [0.15, 0.2) is 0 Å². The molecule has 0 spiro atoms. The van der Waals surface area contributed by atoms with Crippen molar-refractivity contribution in [2.75, 3.05) is 0 Å². The molecule has 1 amide bonds. The third kappa shape index (κ3) is 5.10. The molecule has 4 aromatic rings. The Hall–Kier alpha value is -3.51. The van der Waals surface area contributed by atoms with Crippen molar-refractivity contribution in [3.8, 4) is 16.3 Å². The molecule has 2 aromatic carbocycles. The molecule has 2 aromatic heterocycles. The van der Waals surface area contributed by atoms with E-state index in [1.165, 1.54) is 0 Å². The molecule has 30 heavy (non-hydrogen) atoms. The number of aromatic nitrogens is 2. The highest BCUT2D eigenvalue weighted by molar-refractivity contribution is 7.13. The van der Waals surface area contributed by atoms with Crippen molar-refractivity contribution in [3.63, 3.8) is 0 Å². The van der Waals surface area contributed by atoms with Gasteiger partial charge in [0.1, 0.15) is 17.4 Å². The summed E-state index contributed by atoms with van der Waals surface area (Å²) in [5.41, 5.74) is 4.48. The highest BCUT2D eigenvalue weighted by atomic mass is 32.1. The molecule has 1 N–H and O–H groups in total. The maximum atomic E-state index is 12.5. The van der Waals surface area contributed by atoms with Crippen LogP contribution in [0, 0.1) is 6.92 Å². The summed E-state index contributed by atoms with van der Waals surface area (Å²) in [4.78, 5) is 21.2. The topological polar surface area (TPSA) is 64.1 Å². The van der Waals surface area contributed by atoms with E-state index in [1.54, 1.807) is 17.5 Å². The Bertz CT molecular complexity index is 1120. The summed E-state index contributed by atoms with van der Waals surface area (Å²) in [7, 11) is 0. The molecule has 0 bridgehead atoms. The number of amides is 1. The van der Waals surface area contributed by atoms with E-state index in [9.17, 15) is 4.79 Å². The average Bonchev–Trinajstić information content (AvgIpc) is 3.23. The van der Waals surface area contributed by atoms with Crippen LogP contribution in [0.4, 0.5) is 0 Å². The first-order valence-electron chi connectivity index (χ1n) is 9.60. The molecular formula is C24H21N3O2S. The van der Waals surface area contributed by atoms with E-state index in [0.717, 1.165) is 33.3 Å². The van der Waals surface area contributed by atoms with Crippen molar-refractivity contribution < 1.29 is 9.53 Å². The van der Waals surface area contributed by atoms with Crippen LogP contribution in [0.1, 0.15) is 27.3 Å². The first-order chi connectivity index (χ1) is 14.7. The summed E-state index contributed by atoms with van der Waals surface area (Å²) in [5, 5.41) is 5.94. The number of ether oxygens (including phenoxy) is 1. The van der Waals surface area contributed by atoms with Crippen LogP contribution in [-0.2, 0) is 13.2 Å². The summed E-state index contributed by atoms with van der Waals surface area (Å²) >= 11 is 1.60. The molecule has 6 heteroatoms. The van der Waals surface area contributed by atoms with Gasteiger partial charge in [0, 0.05) is 34.9 Å². The Morgan fingerprint density at radius 1 is 1.07 bits per heavy atom. The molecule has 0 saturated heterocycles. The van der Waals surface area contributed by atoms with Crippen molar-refractivity contribution in [3.05, 3.63) is 101 Å². The van der Waals surface area contributed by atoms with Gasteiger partial charge in [-0.15, -0.1) is 11.3 Å². The first-order valence-corrected chi connectivity index (χ1v) is 10.5. The molecule has 0 radical (unpaired) electrons. The van der Waals surface area contributed by atoms with Crippen LogP contribution < -0.4 is 10.1 Å². The third-order valence-electron chi connectivity index (χ3n) is 4.48. The number of carbonyl (C=O) groups is 1. The van der Waals surface area contributed by atoms with Crippen LogP contribution in [0.2, 0.25) is 0 Å². The van der Waals surface area contributed by atoms with E-state index in [0.29, 0.717) is 18.7 Å². The third-order valence-corrected chi connectivity index (χ3v) is 5.49. The Balaban J connectivity index is 1.33. The van der Waals surface area contributed by atoms with E-state index in [1.807, 2.05) is 79.0 Å². The summed E-state index contributed by atoms with van der Waals surface area (Å²) in [6.45, 7) is 2.80. The lowest BCUT2D eigenvalue weighted by molar-refractivity contribution is 0.0951. The quantitative estimate of drug-likeness (QED) is 0.460. The SMILES string of the molecule is Cc1csc(-c2ccc(C(=O)NCc3cccc(OCc4ccccn4)c3)cc2)n1. The van der Waals surface area contributed by atoms with Gasteiger partial charge in [-0.25, -0.2) is 4.98 Å². The lowest BCUT2D eigenvalue weighted by Crippen LogP contribution is -2.22. The average molecular weight is 416 g/mol. The summed E-state index contributed by atoms with van der Waals surface area (Å²) in [6.07, 6.45) is 1.75. The van der Waals surface area contributed by atoms with Gasteiger partial charge in [0.05, 0.1) is 5.69 Å². The predicted octanol–water partition coefficient (Wildman–Crippen LogP) is 5.02. The Morgan fingerprint density at radius 2 is 1.93 bits per heavy atom. The fourth-order valence-electron chi connectivity index (χ4n) is 2.92. The summed E-state index contributed by atoms with van der Waals surface area (Å²) in [5.74, 6) is 0.632. The van der Waals surface area contributed by atoms with Crippen LogP contribution in [-0.4, -0.2) is 15.9 Å². The van der Waals surface area contributed by atoms with Crippen molar-refractivity contribution in [2.24, 2.45) is 0 Å². The molecule has 4 rings (SSSR count). The lowest BCUT2D eigenvalue weighted by Gasteiger charge is -2.09. The zero-order valence-electron chi connectivity index (χ0n) is 16.5.